The van der Waals surface area contributed by atoms with Crippen LogP contribution in [-0.2, 0) is 4.79 Å². The van der Waals surface area contributed by atoms with Crippen molar-refractivity contribution in [1.82, 2.24) is 4.98 Å². The van der Waals surface area contributed by atoms with Crippen LogP contribution in [0, 0.1) is 12.8 Å². The average molecular weight is 375 g/mol. The fourth-order valence-corrected chi connectivity index (χ4v) is 4.32. The van der Waals surface area contributed by atoms with E-state index in [2.05, 4.69) is 10.3 Å². The number of aromatic nitrogens is 1. The lowest BCUT2D eigenvalue weighted by molar-refractivity contribution is -0.118. The Bertz CT molecular complexity index is 723. The number of aliphatic hydroxyl groups is 2. The van der Waals surface area contributed by atoms with Crippen molar-refractivity contribution in [2.75, 3.05) is 11.9 Å². The average Bonchev–Trinajstić information content (AvgIpc) is 3.31. The Morgan fingerprint density at radius 2 is 2.00 bits per heavy atom. The molecule has 3 N–H and O–H groups in total. The number of hydrogen-bond acceptors (Lipinski definition) is 5. The van der Waals surface area contributed by atoms with E-state index in [4.69, 9.17) is 5.11 Å². The third-order valence-corrected chi connectivity index (χ3v) is 5.88. The van der Waals surface area contributed by atoms with Crippen LogP contribution in [0.5, 0.6) is 0 Å². The van der Waals surface area contributed by atoms with Gasteiger partial charge in [-0.25, -0.2) is 4.98 Å². The number of carbonyl (C=O) groups excluding carboxylic acids is 1. The molecule has 2 atom stereocenters. The monoisotopic (exact) mass is 374 g/mol. The molecule has 3 rings (SSSR count). The first kappa shape index (κ1) is 19.0. The molecule has 1 aromatic carbocycles. The fourth-order valence-electron chi connectivity index (χ4n) is 3.56. The number of anilines is 1. The molecule has 140 valence electrons. The van der Waals surface area contributed by atoms with Crippen LogP contribution < -0.4 is 5.32 Å². The minimum atomic E-state index is -1.01. The highest BCUT2D eigenvalue weighted by molar-refractivity contribution is 7.13. The van der Waals surface area contributed by atoms with Gasteiger partial charge in [0, 0.05) is 5.38 Å². The van der Waals surface area contributed by atoms with Crippen molar-refractivity contribution in [2.24, 2.45) is 5.92 Å². The lowest BCUT2D eigenvalue weighted by atomic mass is 9.87. The number of aliphatic hydroxyl groups excluding tert-OH is 2. The summed E-state index contributed by atoms with van der Waals surface area (Å²) in [6.07, 6.45) is 4.73. The summed E-state index contributed by atoms with van der Waals surface area (Å²) in [5.74, 6) is 0.337. The third-order valence-electron chi connectivity index (χ3n) is 5.11. The van der Waals surface area contributed by atoms with Gasteiger partial charge in [-0.3, -0.25) is 4.79 Å². The highest BCUT2D eigenvalue weighted by atomic mass is 32.1. The fraction of sp³-hybridized carbons (Fsp3) is 0.500. The Hall–Kier alpha value is -1.76. The van der Waals surface area contributed by atoms with E-state index < -0.39 is 6.10 Å². The van der Waals surface area contributed by atoms with Gasteiger partial charge >= 0.3 is 0 Å². The molecule has 1 saturated carbocycles. The lowest BCUT2D eigenvalue weighted by Gasteiger charge is -2.20. The molecule has 0 bridgehead atoms. The van der Waals surface area contributed by atoms with Crippen molar-refractivity contribution in [3.05, 3.63) is 46.5 Å². The molecular formula is C20H26N2O3S. The number of hydrogen-bond donors (Lipinski definition) is 3. The predicted molar refractivity (Wildman–Crippen MR) is 103 cm³/mol. The van der Waals surface area contributed by atoms with E-state index in [9.17, 15) is 9.90 Å². The maximum absolute atomic E-state index is 13.0. The molecule has 1 aliphatic carbocycles. The summed E-state index contributed by atoms with van der Waals surface area (Å²) < 4.78 is 0. The second kappa shape index (κ2) is 8.75. The number of nitrogens with zero attached hydrogens (tertiary/aromatic N) is 1. The van der Waals surface area contributed by atoms with E-state index in [1.807, 2.05) is 31.2 Å². The molecular weight excluding hydrogens is 348 g/mol. The van der Waals surface area contributed by atoms with Crippen LogP contribution in [0.1, 0.15) is 60.9 Å². The highest BCUT2D eigenvalue weighted by Gasteiger charge is 2.27. The molecule has 2 unspecified atom stereocenters. The molecule has 6 heteroatoms. The summed E-state index contributed by atoms with van der Waals surface area (Å²) in [6, 6.07) is 8.17. The van der Waals surface area contributed by atoms with Gasteiger partial charge in [0.05, 0.1) is 18.2 Å². The first-order valence-corrected chi connectivity index (χ1v) is 10.1. The van der Waals surface area contributed by atoms with E-state index >= 15 is 0 Å². The van der Waals surface area contributed by atoms with Gasteiger partial charge in [-0.2, -0.15) is 0 Å². The summed E-state index contributed by atoms with van der Waals surface area (Å²) in [5.41, 5.74) is 2.60. The van der Waals surface area contributed by atoms with Gasteiger partial charge in [-0.1, -0.05) is 55.5 Å². The summed E-state index contributed by atoms with van der Waals surface area (Å²) in [5, 5.41) is 23.7. The Labute approximate surface area is 158 Å². The van der Waals surface area contributed by atoms with Crippen molar-refractivity contribution >= 4 is 22.4 Å². The Morgan fingerprint density at radius 3 is 2.65 bits per heavy atom. The van der Waals surface area contributed by atoms with Crippen LogP contribution in [0.15, 0.2) is 29.6 Å². The van der Waals surface area contributed by atoms with Gasteiger partial charge in [-0.15, -0.1) is 11.3 Å². The maximum Gasteiger partial charge on any atom is 0.233 e. The van der Waals surface area contributed by atoms with Crippen LogP contribution in [0.25, 0.3) is 0 Å². The van der Waals surface area contributed by atoms with Gasteiger partial charge in [0.1, 0.15) is 6.10 Å². The second-order valence-corrected chi connectivity index (χ2v) is 7.97. The van der Waals surface area contributed by atoms with E-state index in [1.54, 1.807) is 5.38 Å². The smallest absolute Gasteiger partial charge is 0.233 e. The molecule has 1 fully saturated rings. The van der Waals surface area contributed by atoms with Crippen molar-refractivity contribution in [3.63, 3.8) is 0 Å². The number of benzene rings is 1. The largest absolute Gasteiger partial charge is 0.393 e. The van der Waals surface area contributed by atoms with Crippen molar-refractivity contribution in [3.8, 4) is 0 Å². The Morgan fingerprint density at radius 1 is 1.31 bits per heavy atom. The molecule has 1 heterocycles. The minimum Gasteiger partial charge on any atom is -0.393 e. The Kier molecular flexibility index (Phi) is 6.40. The summed E-state index contributed by atoms with van der Waals surface area (Å²) in [4.78, 5) is 17.2. The van der Waals surface area contributed by atoms with E-state index in [0.29, 0.717) is 16.7 Å². The zero-order chi connectivity index (χ0) is 18.5. The maximum atomic E-state index is 13.0. The molecule has 1 aliphatic rings. The van der Waals surface area contributed by atoms with Gasteiger partial charge < -0.3 is 15.5 Å². The number of thiazole rings is 1. The Balaban J connectivity index is 1.75. The van der Waals surface area contributed by atoms with Crippen LogP contribution in [0.2, 0.25) is 0 Å². The van der Waals surface area contributed by atoms with E-state index in [0.717, 1.165) is 12.0 Å². The first-order valence-electron chi connectivity index (χ1n) is 9.18. The van der Waals surface area contributed by atoms with Gasteiger partial charge in [-0.05, 0) is 24.8 Å². The molecule has 1 amide bonds. The normalized spacial score (nSPS) is 17.2. The molecule has 1 aromatic heterocycles. The lowest BCUT2D eigenvalue weighted by Crippen LogP contribution is -2.23. The van der Waals surface area contributed by atoms with Crippen molar-refractivity contribution < 1.29 is 15.0 Å². The van der Waals surface area contributed by atoms with Crippen LogP contribution in [0.4, 0.5) is 5.13 Å². The van der Waals surface area contributed by atoms with Crippen LogP contribution >= 0.6 is 11.3 Å². The molecule has 0 spiro atoms. The summed E-state index contributed by atoms with van der Waals surface area (Å²) in [6.45, 7) is 1.66. The number of aryl methyl sites for hydroxylation is 1. The summed E-state index contributed by atoms with van der Waals surface area (Å²) in [7, 11) is 0. The quantitative estimate of drug-likeness (QED) is 0.689. The van der Waals surface area contributed by atoms with Gasteiger partial charge in [0.25, 0.3) is 0 Å². The second-order valence-electron chi connectivity index (χ2n) is 7.11. The molecule has 5 nitrogen and oxygen atoms in total. The number of nitrogens with one attached hydrogen (secondary N) is 1. The topological polar surface area (TPSA) is 82.5 Å². The van der Waals surface area contributed by atoms with Crippen LogP contribution in [-0.4, -0.2) is 27.7 Å². The van der Waals surface area contributed by atoms with Gasteiger partial charge in [0.2, 0.25) is 5.91 Å². The number of carbonyl (C=O) groups is 1. The molecule has 26 heavy (non-hydrogen) atoms. The van der Waals surface area contributed by atoms with Gasteiger partial charge in [0.15, 0.2) is 5.13 Å². The SMILES string of the molecule is Cc1ccc(C(CC2CCCC2)C(=O)Nc2nc(C(O)CO)cs2)cc1. The number of amides is 1. The molecule has 0 aliphatic heterocycles. The third kappa shape index (κ3) is 4.69. The van der Waals surface area contributed by atoms with E-state index in [1.165, 1.54) is 42.6 Å². The molecule has 2 aromatic rings. The zero-order valence-electron chi connectivity index (χ0n) is 15.0. The predicted octanol–water partition coefficient (Wildman–Crippen LogP) is 3.78. The molecule has 0 radical (unpaired) electrons. The highest BCUT2D eigenvalue weighted by Crippen LogP contribution is 2.35. The first-order chi connectivity index (χ1) is 12.6. The van der Waals surface area contributed by atoms with Crippen LogP contribution in [0.3, 0.4) is 0 Å². The standard InChI is InChI=1S/C20H26N2O3S/c1-13-6-8-15(9-7-13)16(10-14-4-2-3-5-14)19(25)22-20-21-17(12-26-20)18(24)11-23/h6-9,12,14,16,18,23-24H,2-5,10-11H2,1H3,(H,21,22,25). The zero-order valence-corrected chi connectivity index (χ0v) is 15.8. The van der Waals surface area contributed by atoms with Crippen molar-refractivity contribution in [2.45, 2.75) is 51.0 Å². The number of rotatable bonds is 7. The van der Waals surface area contributed by atoms with Crippen molar-refractivity contribution in [1.29, 1.82) is 0 Å². The van der Waals surface area contributed by atoms with E-state index in [-0.39, 0.29) is 18.4 Å². The molecule has 0 saturated heterocycles. The minimum absolute atomic E-state index is 0.0554. The summed E-state index contributed by atoms with van der Waals surface area (Å²) >= 11 is 1.27.